The van der Waals surface area contributed by atoms with Gasteiger partial charge in [0.1, 0.15) is 11.5 Å². The van der Waals surface area contributed by atoms with Crippen LogP contribution in [0.2, 0.25) is 10.0 Å². The molecule has 38 heavy (non-hydrogen) atoms. The summed E-state index contributed by atoms with van der Waals surface area (Å²) in [5, 5.41) is 4.45. The van der Waals surface area contributed by atoms with Gasteiger partial charge < -0.3 is 9.32 Å². The van der Waals surface area contributed by atoms with Crippen LogP contribution in [-0.2, 0) is 32.7 Å². The largest absolute Gasteiger partial charge is 0.459 e. The number of rotatable bonds is 10. The minimum Gasteiger partial charge on any atom is -0.459 e. The van der Waals surface area contributed by atoms with Gasteiger partial charge in [0.15, 0.2) is 0 Å². The molecule has 202 valence electrons. The van der Waals surface area contributed by atoms with Crippen LogP contribution in [0.25, 0.3) is 0 Å². The molecule has 0 aliphatic heterocycles. The Bertz CT molecular complexity index is 1420. The van der Waals surface area contributed by atoms with Crippen LogP contribution in [0.3, 0.4) is 0 Å². The summed E-state index contributed by atoms with van der Waals surface area (Å²) in [4.78, 5) is 25.5. The van der Waals surface area contributed by atoms with Crippen LogP contribution < -0.4 is 5.43 Å². The summed E-state index contributed by atoms with van der Waals surface area (Å²) < 4.78 is 34.1. The van der Waals surface area contributed by atoms with Gasteiger partial charge in [-0.25, -0.2) is 13.8 Å². The van der Waals surface area contributed by atoms with Gasteiger partial charge in [0.2, 0.25) is 10.0 Å². The van der Waals surface area contributed by atoms with Crippen LogP contribution >= 0.6 is 23.2 Å². The van der Waals surface area contributed by atoms with Gasteiger partial charge in [-0.1, -0.05) is 47.0 Å². The molecular weight excluding hydrogens is 551 g/mol. The molecule has 3 aromatic rings. The lowest BCUT2D eigenvalue weighted by Gasteiger charge is -2.22. The van der Waals surface area contributed by atoms with Gasteiger partial charge in [0.05, 0.1) is 27.7 Å². The average molecular weight is 580 g/mol. The normalized spacial score (nSPS) is 11.7. The van der Waals surface area contributed by atoms with Crippen molar-refractivity contribution in [1.82, 2.24) is 14.6 Å². The topological polar surface area (TPSA) is 112 Å². The van der Waals surface area contributed by atoms with E-state index in [1.165, 1.54) is 15.4 Å². The van der Waals surface area contributed by atoms with E-state index in [-0.39, 0.29) is 23.7 Å². The second kappa shape index (κ2) is 13.1. The van der Waals surface area contributed by atoms with Crippen molar-refractivity contribution in [3.63, 3.8) is 0 Å². The Morgan fingerprint density at radius 1 is 0.974 bits per heavy atom. The summed E-state index contributed by atoms with van der Waals surface area (Å²) in [6, 6.07) is 14.7. The highest BCUT2D eigenvalue weighted by Crippen LogP contribution is 2.26. The van der Waals surface area contributed by atoms with Crippen LogP contribution in [-0.4, -0.2) is 48.7 Å². The molecule has 9 nitrogen and oxygen atoms in total. The molecular formula is C26H28Cl2N4O5S. The molecule has 1 aromatic heterocycles. The summed E-state index contributed by atoms with van der Waals surface area (Å²) in [6.45, 7) is 6.14. The Morgan fingerprint density at radius 2 is 1.66 bits per heavy atom. The lowest BCUT2D eigenvalue weighted by atomic mass is 10.2. The number of hydrazone groups is 1. The summed E-state index contributed by atoms with van der Waals surface area (Å²) in [5.41, 5.74) is 3.75. The van der Waals surface area contributed by atoms with Crippen molar-refractivity contribution in [3.05, 3.63) is 87.3 Å². The zero-order chi connectivity index (χ0) is 27.9. The maximum absolute atomic E-state index is 13.5. The van der Waals surface area contributed by atoms with E-state index in [9.17, 15) is 18.0 Å². The number of hydrogen-bond donors (Lipinski definition) is 1. The van der Waals surface area contributed by atoms with E-state index in [2.05, 4.69) is 10.5 Å². The first-order valence-electron chi connectivity index (χ1n) is 11.8. The van der Waals surface area contributed by atoms with Gasteiger partial charge >= 0.3 is 11.8 Å². The molecule has 0 radical (unpaired) electrons. The predicted molar refractivity (Wildman–Crippen MR) is 146 cm³/mol. The Kier molecular flexibility index (Phi) is 10.1. The van der Waals surface area contributed by atoms with Crippen LogP contribution in [0.15, 0.2) is 69.0 Å². The highest BCUT2D eigenvalue weighted by Gasteiger charge is 2.26. The third kappa shape index (κ3) is 7.44. The maximum Gasteiger partial charge on any atom is 0.329 e. The SMILES string of the molecule is CCN(CC)C(=O)C(=O)N/N=C/c1ccc(CN(Cc2ccc(Cl)c(Cl)c2)S(=O)(=O)c2ccc(C)cc2)o1. The van der Waals surface area contributed by atoms with E-state index in [1.807, 2.05) is 6.92 Å². The van der Waals surface area contributed by atoms with Gasteiger partial charge in [0.25, 0.3) is 0 Å². The quantitative estimate of drug-likeness (QED) is 0.214. The van der Waals surface area contributed by atoms with Crippen molar-refractivity contribution in [1.29, 1.82) is 0 Å². The molecule has 0 fully saturated rings. The molecule has 2 amide bonds. The molecule has 12 heteroatoms. The molecule has 0 saturated carbocycles. The highest BCUT2D eigenvalue weighted by molar-refractivity contribution is 7.89. The standard InChI is InChI=1S/C26H28Cl2N4O5S/c1-4-31(5-2)26(34)25(33)30-29-15-20-9-10-21(37-20)17-32(16-19-8-13-23(27)24(28)14-19)38(35,36)22-11-6-18(3)7-12-22/h6-15H,4-5,16-17H2,1-3H3,(H,30,33)/b29-15+. The lowest BCUT2D eigenvalue weighted by molar-refractivity contribution is -0.145. The highest BCUT2D eigenvalue weighted by atomic mass is 35.5. The van der Waals surface area contributed by atoms with Gasteiger partial charge in [-0.15, -0.1) is 0 Å². The second-order valence-electron chi connectivity index (χ2n) is 8.32. The molecule has 0 saturated heterocycles. The molecule has 0 aliphatic carbocycles. The first-order chi connectivity index (χ1) is 18.0. The lowest BCUT2D eigenvalue weighted by Crippen LogP contribution is -2.41. The number of halogens is 2. The van der Waals surface area contributed by atoms with E-state index < -0.39 is 21.8 Å². The Balaban J connectivity index is 1.79. The number of benzene rings is 2. The van der Waals surface area contributed by atoms with Crippen LogP contribution in [0, 0.1) is 6.92 Å². The van der Waals surface area contributed by atoms with Gasteiger partial charge in [-0.2, -0.15) is 9.41 Å². The van der Waals surface area contributed by atoms with Crippen molar-refractivity contribution in [2.75, 3.05) is 13.1 Å². The molecule has 1 heterocycles. The van der Waals surface area contributed by atoms with Crippen molar-refractivity contribution in [2.24, 2.45) is 5.10 Å². The Morgan fingerprint density at radius 3 is 2.29 bits per heavy atom. The maximum atomic E-state index is 13.5. The summed E-state index contributed by atoms with van der Waals surface area (Å²) in [7, 11) is -3.91. The fourth-order valence-corrected chi connectivity index (χ4v) is 5.22. The van der Waals surface area contributed by atoms with E-state index in [1.54, 1.807) is 68.4 Å². The summed E-state index contributed by atoms with van der Waals surface area (Å²) >= 11 is 12.2. The third-order valence-electron chi connectivity index (χ3n) is 5.62. The molecule has 2 aromatic carbocycles. The molecule has 0 aliphatic rings. The first-order valence-corrected chi connectivity index (χ1v) is 14.0. The fraction of sp³-hybridized carbons (Fsp3) is 0.269. The number of amides is 2. The van der Waals surface area contributed by atoms with Crippen LogP contribution in [0.5, 0.6) is 0 Å². The van der Waals surface area contributed by atoms with Crippen molar-refractivity contribution in [2.45, 2.75) is 38.8 Å². The third-order valence-corrected chi connectivity index (χ3v) is 8.16. The predicted octanol–water partition coefficient (Wildman–Crippen LogP) is 4.60. The van der Waals surface area contributed by atoms with E-state index in [0.717, 1.165) is 5.56 Å². The van der Waals surface area contributed by atoms with Gasteiger partial charge in [0, 0.05) is 19.6 Å². The molecule has 3 rings (SSSR count). The number of carbonyl (C=O) groups excluding carboxylic acids is 2. The van der Waals surface area contributed by atoms with Crippen molar-refractivity contribution in [3.8, 4) is 0 Å². The van der Waals surface area contributed by atoms with Crippen molar-refractivity contribution >= 4 is 51.3 Å². The molecule has 0 unspecified atom stereocenters. The van der Waals surface area contributed by atoms with Crippen LogP contribution in [0.1, 0.15) is 36.5 Å². The summed E-state index contributed by atoms with van der Waals surface area (Å²) in [6.07, 6.45) is 1.23. The smallest absolute Gasteiger partial charge is 0.329 e. The molecule has 1 N–H and O–H groups in total. The second-order valence-corrected chi connectivity index (χ2v) is 11.1. The molecule has 0 bridgehead atoms. The minimum absolute atomic E-state index is 0.0146. The number of hydrogen-bond acceptors (Lipinski definition) is 6. The molecule has 0 spiro atoms. The number of furan rings is 1. The Labute approximate surface area is 232 Å². The average Bonchev–Trinajstić information content (AvgIpc) is 3.33. The number of sulfonamides is 1. The van der Waals surface area contributed by atoms with Gasteiger partial charge in [-0.05, 0) is 62.7 Å². The Hall–Kier alpha value is -3.18. The van der Waals surface area contributed by atoms with Gasteiger partial charge in [-0.3, -0.25) is 9.59 Å². The van der Waals surface area contributed by atoms with Crippen molar-refractivity contribution < 1.29 is 22.4 Å². The zero-order valence-corrected chi connectivity index (χ0v) is 23.5. The number of aryl methyl sites for hydroxylation is 1. The fourth-order valence-electron chi connectivity index (χ4n) is 3.51. The minimum atomic E-state index is -3.91. The summed E-state index contributed by atoms with van der Waals surface area (Å²) in [5.74, 6) is -0.953. The number of nitrogens with zero attached hydrogens (tertiary/aromatic N) is 3. The first kappa shape index (κ1) is 29.4. The monoisotopic (exact) mass is 578 g/mol. The van der Waals surface area contributed by atoms with Crippen LogP contribution in [0.4, 0.5) is 0 Å². The number of likely N-dealkylation sites (N-methyl/N-ethyl adjacent to an activating group) is 1. The van der Waals surface area contributed by atoms with E-state index in [0.29, 0.717) is 34.5 Å². The molecule has 0 atom stereocenters. The van der Waals surface area contributed by atoms with E-state index >= 15 is 0 Å². The number of carbonyl (C=O) groups is 2. The number of nitrogens with one attached hydrogen (secondary N) is 1. The van der Waals surface area contributed by atoms with E-state index in [4.69, 9.17) is 27.6 Å². The zero-order valence-electron chi connectivity index (χ0n) is 21.1.